The number of aryl methyl sites for hydroxylation is 1. The summed E-state index contributed by atoms with van der Waals surface area (Å²) in [5.74, 6) is -0.566. The molecule has 0 spiro atoms. The molecule has 0 aliphatic heterocycles. The van der Waals surface area contributed by atoms with Crippen LogP contribution in [0.2, 0.25) is 0 Å². The van der Waals surface area contributed by atoms with Gasteiger partial charge in [0.1, 0.15) is 0 Å². The van der Waals surface area contributed by atoms with Crippen molar-refractivity contribution >= 4 is 12.1 Å². The van der Waals surface area contributed by atoms with Crippen molar-refractivity contribution in [3.63, 3.8) is 0 Å². The van der Waals surface area contributed by atoms with Crippen LogP contribution in [0.4, 0.5) is 0 Å². The van der Waals surface area contributed by atoms with Gasteiger partial charge in [0.05, 0.1) is 0 Å². The number of ketones is 1. The highest BCUT2D eigenvalue weighted by Crippen LogP contribution is 2.08. The highest BCUT2D eigenvalue weighted by molar-refractivity contribution is 6.33. The Labute approximate surface area is 83.9 Å². The SMILES string of the molecule is CCCCc1cccc(C(=O)[C]=O)c1. The fourth-order valence-electron chi connectivity index (χ4n) is 1.31. The fourth-order valence-corrected chi connectivity index (χ4v) is 1.31. The number of carbonyl (C=O) groups excluding carboxylic acids is 2. The maximum Gasteiger partial charge on any atom is 0.277 e. The lowest BCUT2D eigenvalue weighted by atomic mass is 10.0. The molecule has 0 bridgehead atoms. The van der Waals surface area contributed by atoms with Crippen LogP contribution in [-0.2, 0) is 11.2 Å². The largest absolute Gasteiger partial charge is 0.285 e. The van der Waals surface area contributed by atoms with Crippen molar-refractivity contribution in [2.45, 2.75) is 26.2 Å². The second-order valence-electron chi connectivity index (χ2n) is 3.24. The Hall–Kier alpha value is -1.44. The van der Waals surface area contributed by atoms with Gasteiger partial charge in [-0.05, 0) is 24.5 Å². The van der Waals surface area contributed by atoms with Crippen LogP contribution in [0.15, 0.2) is 24.3 Å². The number of benzene rings is 1. The molecule has 0 aliphatic rings. The molecule has 0 N–H and O–H groups in total. The Morgan fingerprint density at radius 1 is 1.43 bits per heavy atom. The molecule has 0 saturated heterocycles. The zero-order valence-corrected chi connectivity index (χ0v) is 8.25. The molecule has 0 aliphatic carbocycles. The molecular formula is C12H13O2. The molecule has 14 heavy (non-hydrogen) atoms. The summed E-state index contributed by atoms with van der Waals surface area (Å²) in [5.41, 5.74) is 1.54. The average molecular weight is 189 g/mol. The number of carbonyl (C=O) groups is 1. The molecule has 2 nitrogen and oxygen atoms in total. The van der Waals surface area contributed by atoms with Crippen LogP contribution in [0.1, 0.15) is 35.7 Å². The molecule has 2 heteroatoms. The van der Waals surface area contributed by atoms with E-state index in [9.17, 15) is 9.59 Å². The topological polar surface area (TPSA) is 34.1 Å². The van der Waals surface area contributed by atoms with E-state index in [0.29, 0.717) is 5.56 Å². The average Bonchev–Trinajstić information content (AvgIpc) is 2.25. The summed E-state index contributed by atoms with van der Waals surface area (Å²) >= 11 is 0. The van der Waals surface area contributed by atoms with E-state index in [2.05, 4.69) is 6.92 Å². The number of hydrogen-bond donors (Lipinski definition) is 0. The summed E-state index contributed by atoms with van der Waals surface area (Å²) in [7, 11) is 0. The maximum absolute atomic E-state index is 11.0. The van der Waals surface area contributed by atoms with Gasteiger partial charge in [0.2, 0.25) is 5.78 Å². The Bertz CT molecular complexity index is 329. The van der Waals surface area contributed by atoms with Gasteiger partial charge >= 0.3 is 0 Å². The molecule has 0 amide bonds. The number of rotatable bonds is 5. The number of hydrogen-bond acceptors (Lipinski definition) is 2. The van der Waals surface area contributed by atoms with Gasteiger partial charge in [-0.1, -0.05) is 31.5 Å². The molecular weight excluding hydrogens is 176 g/mol. The van der Waals surface area contributed by atoms with E-state index < -0.39 is 5.78 Å². The molecule has 0 atom stereocenters. The lowest BCUT2D eigenvalue weighted by molar-refractivity contribution is 0.106. The zero-order chi connectivity index (χ0) is 10.4. The van der Waals surface area contributed by atoms with Crippen LogP contribution in [0.5, 0.6) is 0 Å². The highest BCUT2D eigenvalue weighted by atomic mass is 16.2. The Morgan fingerprint density at radius 2 is 2.21 bits per heavy atom. The Morgan fingerprint density at radius 3 is 2.86 bits per heavy atom. The smallest absolute Gasteiger partial charge is 0.277 e. The Kier molecular flexibility index (Phi) is 4.05. The van der Waals surface area contributed by atoms with Gasteiger partial charge < -0.3 is 0 Å². The van der Waals surface area contributed by atoms with Gasteiger partial charge in [-0.2, -0.15) is 0 Å². The zero-order valence-electron chi connectivity index (χ0n) is 8.25. The summed E-state index contributed by atoms with van der Waals surface area (Å²) in [4.78, 5) is 21.2. The van der Waals surface area contributed by atoms with E-state index in [1.165, 1.54) is 6.29 Å². The summed E-state index contributed by atoms with van der Waals surface area (Å²) in [6, 6.07) is 7.18. The van der Waals surface area contributed by atoms with Gasteiger partial charge in [0.15, 0.2) is 0 Å². The lowest BCUT2D eigenvalue weighted by Gasteiger charge is -2.00. The predicted octanol–water partition coefficient (Wildman–Crippen LogP) is 2.32. The van der Waals surface area contributed by atoms with E-state index >= 15 is 0 Å². The molecule has 1 radical (unpaired) electrons. The summed E-state index contributed by atoms with van der Waals surface area (Å²) < 4.78 is 0. The van der Waals surface area contributed by atoms with E-state index in [-0.39, 0.29) is 0 Å². The van der Waals surface area contributed by atoms with Crippen LogP contribution in [0, 0.1) is 0 Å². The molecule has 73 valence electrons. The standard InChI is InChI=1S/C12H13O2/c1-2-3-5-10-6-4-7-11(8-10)12(14)9-13/h4,6-8H,2-3,5H2,1H3. The van der Waals surface area contributed by atoms with Crippen LogP contribution in [-0.4, -0.2) is 12.1 Å². The normalized spacial score (nSPS) is 9.79. The van der Waals surface area contributed by atoms with Crippen LogP contribution in [0.3, 0.4) is 0 Å². The quantitative estimate of drug-likeness (QED) is 0.526. The van der Waals surface area contributed by atoms with Gasteiger partial charge in [0, 0.05) is 5.56 Å². The highest BCUT2D eigenvalue weighted by Gasteiger charge is 2.04. The minimum absolute atomic E-state index is 0.439. The third-order valence-electron chi connectivity index (χ3n) is 2.10. The van der Waals surface area contributed by atoms with Crippen LogP contribution < -0.4 is 0 Å². The van der Waals surface area contributed by atoms with E-state index in [0.717, 1.165) is 24.8 Å². The van der Waals surface area contributed by atoms with Crippen molar-refractivity contribution in [2.24, 2.45) is 0 Å². The summed E-state index contributed by atoms with van der Waals surface area (Å²) in [6.07, 6.45) is 4.55. The van der Waals surface area contributed by atoms with Crippen molar-refractivity contribution in [2.75, 3.05) is 0 Å². The molecule has 0 saturated carbocycles. The van der Waals surface area contributed by atoms with E-state index in [1.54, 1.807) is 18.2 Å². The van der Waals surface area contributed by atoms with E-state index in [4.69, 9.17) is 0 Å². The maximum atomic E-state index is 11.0. The third-order valence-corrected chi connectivity index (χ3v) is 2.10. The minimum atomic E-state index is -0.566. The van der Waals surface area contributed by atoms with Crippen LogP contribution >= 0.6 is 0 Å². The monoisotopic (exact) mass is 189 g/mol. The first-order valence-corrected chi connectivity index (χ1v) is 4.79. The van der Waals surface area contributed by atoms with Crippen molar-refractivity contribution in [3.05, 3.63) is 35.4 Å². The number of unbranched alkanes of at least 4 members (excludes halogenated alkanes) is 1. The molecule has 0 heterocycles. The molecule has 1 rings (SSSR count). The van der Waals surface area contributed by atoms with Gasteiger partial charge in [-0.25, -0.2) is 0 Å². The first kappa shape index (κ1) is 10.6. The van der Waals surface area contributed by atoms with E-state index in [1.807, 2.05) is 6.07 Å². The van der Waals surface area contributed by atoms with Crippen molar-refractivity contribution < 1.29 is 9.59 Å². The first-order valence-electron chi connectivity index (χ1n) is 4.79. The molecule has 0 unspecified atom stereocenters. The molecule has 1 aromatic rings. The summed E-state index contributed by atoms with van der Waals surface area (Å²) in [6.45, 7) is 2.12. The lowest BCUT2D eigenvalue weighted by Crippen LogP contribution is -2.00. The minimum Gasteiger partial charge on any atom is -0.285 e. The second-order valence-corrected chi connectivity index (χ2v) is 3.24. The summed E-state index contributed by atoms with van der Waals surface area (Å²) in [5, 5.41) is 0. The van der Waals surface area contributed by atoms with Gasteiger partial charge in [0.25, 0.3) is 6.29 Å². The second kappa shape index (κ2) is 5.32. The fraction of sp³-hybridized carbons (Fsp3) is 0.333. The molecule has 0 aromatic heterocycles. The van der Waals surface area contributed by atoms with Crippen molar-refractivity contribution in [1.29, 1.82) is 0 Å². The third kappa shape index (κ3) is 2.80. The van der Waals surface area contributed by atoms with Crippen molar-refractivity contribution in [1.82, 2.24) is 0 Å². The van der Waals surface area contributed by atoms with Crippen molar-refractivity contribution in [3.8, 4) is 0 Å². The van der Waals surface area contributed by atoms with Gasteiger partial charge in [-0.3, -0.25) is 9.59 Å². The van der Waals surface area contributed by atoms with Gasteiger partial charge in [-0.15, -0.1) is 0 Å². The predicted molar refractivity (Wildman–Crippen MR) is 55.1 cm³/mol. The number of Topliss-reactive ketones (excluding diaryl/α,β-unsaturated/α-hetero) is 1. The Balaban J connectivity index is 2.78. The first-order chi connectivity index (χ1) is 6.77. The van der Waals surface area contributed by atoms with Crippen LogP contribution in [0.25, 0.3) is 0 Å². The molecule has 0 fully saturated rings. The molecule has 1 aromatic carbocycles.